The van der Waals surface area contributed by atoms with Crippen LogP contribution in [0.1, 0.15) is 30.0 Å². The Morgan fingerprint density at radius 3 is 2.29 bits per heavy atom. The summed E-state index contributed by atoms with van der Waals surface area (Å²) in [5.41, 5.74) is 3.03. The first-order valence-corrected chi connectivity index (χ1v) is 11.9. The first-order valence-electron chi connectivity index (χ1n) is 11.9. The van der Waals surface area contributed by atoms with E-state index in [4.69, 9.17) is 9.47 Å². The summed E-state index contributed by atoms with van der Waals surface area (Å²) in [6.07, 6.45) is 1.22. The zero-order chi connectivity index (χ0) is 25.0. The smallest absolute Gasteiger partial charge is 0.261 e. The van der Waals surface area contributed by atoms with Gasteiger partial charge in [0.15, 0.2) is 18.1 Å². The summed E-state index contributed by atoms with van der Waals surface area (Å²) in [5.74, 6) is 0.583. The SMILES string of the molecule is CCCNC(=O)[C@@H](Cc1ccccc1)N(Cc1cccc(C)c1)C(=O)COc1ccccc1OC. The Morgan fingerprint density at radius 2 is 1.60 bits per heavy atom. The van der Waals surface area contributed by atoms with Crippen LogP contribution in [0, 0.1) is 6.92 Å². The first-order chi connectivity index (χ1) is 17.0. The van der Waals surface area contributed by atoms with Crippen molar-refractivity contribution in [3.63, 3.8) is 0 Å². The van der Waals surface area contributed by atoms with E-state index in [1.165, 1.54) is 0 Å². The van der Waals surface area contributed by atoms with Crippen LogP contribution in [-0.4, -0.2) is 43.0 Å². The number of para-hydroxylation sites is 2. The van der Waals surface area contributed by atoms with E-state index in [0.29, 0.717) is 31.0 Å². The van der Waals surface area contributed by atoms with E-state index in [1.54, 1.807) is 24.1 Å². The molecule has 35 heavy (non-hydrogen) atoms. The molecule has 0 aliphatic heterocycles. The van der Waals surface area contributed by atoms with Crippen molar-refractivity contribution in [2.75, 3.05) is 20.3 Å². The van der Waals surface area contributed by atoms with E-state index in [2.05, 4.69) is 5.32 Å². The first kappa shape index (κ1) is 25.8. The van der Waals surface area contributed by atoms with Crippen molar-refractivity contribution in [1.29, 1.82) is 0 Å². The van der Waals surface area contributed by atoms with E-state index >= 15 is 0 Å². The van der Waals surface area contributed by atoms with Crippen LogP contribution >= 0.6 is 0 Å². The lowest BCUT2D eigenvalue weighted by Crippen LogP contribution is -2.51. The summed E-state index contributed by atoms with van der Waals surface area (Å²) in [4.78, 5) is 28.5. The topological polar surface area (TPSA) is 67.9 Å². The van der Waals surface area contributed by atoms with Crippen LogP contribution in [0.5, 0.6) is 11.5 Å². The second kappa shape index (κ2) is 13.2. The molecule has 0 aromatic heterocycles. The van der Waals surface area contributed by atoms with Crippen LogP contribution in [-0.2, 0) is 22.6 Å². The molecule has 3 aromatic rings. The van der Waals surface area contributed by atoms with Gasteiger partial charge in [0.05, 0.1) is 7.11 Å². The Bertz CT molecular complexity index is 1100. The molecule has 0 heterocycles. The van der Waals surface area contributed by atoms with E-state index < -0.39 is 6.04 Å². The maximum atomic E-state index is 13.6. The molecule has 0 saturated heterocycles. The second-order valence-electron chi connectivity index (χ2n) is 8.45. The van der Waals surface area contributed by atoms with Crippen molar-refractivity contribution in [1.82, 2.24) is 10.2 Å². The quantitative estimate of drug-likeness (QED) is 0.418. The number of methoxy groups -OCH3 is 1. The molecule has 0 bridgehead atoms. The third kappa shape index (κ3) is 7.60. The third-order valence-electron chi connectivity index (χ3n) is 5.68. The molecule has 1 N–H and O–H groups in total. The maximum Gasteiger partial charge on any atom is 0.261 e. The molecule has 0 aliphatic rings. The minimum atomic E-state index is -0.682. The number of carbonyl (C=O) groups excluding carboxylic acids is 2. The highest BCUT2D eigenvalue weighted by atomic mass is 16.5. The molecule has 0 radical (unpaired) electrons. The van der Waals surface area contributed by atoms with Crippen molar-refractivity contribution in [3.8, 4) is 11.5 Å². The molecule has 0 unspecified atom stereocenters. The molecule has 3 aromatic carbocycles. The largest absolute Gasteiger partial charge is 0.493 e. The number of nitrogens with one attached hydrogen (secondary N) is 1. The number of aryl methyl sites for hydroxylation is 1. The summed E-state index contributed by atoms with van der Waals surface area (Å²) in [5, 5.41) is 2.98. The zero-order valence-electron chi connectivity index (χ0n) is 20.7. The van der Waals surface area contributed by atoms with E-state index in [9.17, 15) is 9.59 Å². The monoisotopic (exact) mass is 474 g/mol. The van der Waals surface area contributed by atoms with Gasteiger partial charge in [-0.2, -0.15) is 0 Å². The zero-order valence-corrected chi connectivity index (χ0v) is 20.7. The Kier molecular flexibility index (Phi) is 9.72. The van der Waals surface area contributed by atoms with Gasteiger partial charge in [0.25, 0.3) is 5.91 Å². The fourth-order valence-electron chi connectivity index (χ4n) is 3.89. The lowest BCUT2D eigenvalue weighted by molar-refractivity contribution is -0.142. The second-order valence-corrected chi connectivity index (χ2v) is 8.45. The summed E-state index contributed by atoms with van der Waals surface area (Å²) < 4.78 is 11.2. The lowest BCUT2D eigenvalue weighted by Gasteiger charge is -2.31. The molecule has 6 nitrogen and oxygen atoms in total. The van der Waals surface area contributed by atoms with Crippen molar-refractivity contribution < 1.29 is 19.1 Å². The van der Waals surface area contributed by atoms with Gasteiger partial charge in [-0.25, -0.2) is 0 Å². The maximum absolute atomic E-state index is 13.6. The van der Waals surface area contributed by atoms with Crippen LogP contribution in [0.15, 0.2) is 78.9 Å². The van der Waals surface area contributed by atoms with Crippen LogP contribution in [0.4, 0.5) is 0 Å². The average Bonchev–Trinajstić information content (AvgIpc) is 2.88. The normalized spacial score (nSPS) is 11.4. The number of rotatable bonds is 12. The van der Waals surface area contributed by atoms with Crippen LogP contribution in [0.25, 0.3) is 0 Å². The fourth-order valence-corrected chi connectivity index (χ4v) is 3.89. The number of hydrogen-bond acceptors (Lipinski definition) is 4. The van der Waals surface area contributed by atoms with Gasteiger partial charge in [-0.3, -0.25) is 9.59 Å². The predicted molar refractivity (Wildman–Crippen MR) is 137 cm³/mol. The molecule has 3 rings (SSSR count). The molecule has 0 saturated carbocycles. The molecule has 1 atom stereocenters. The summed E-state index contributed by atoms with van der Waals surface area (Å²) >= 11 is 0. The number of amides is 2. The summed E-state index contributed by atoms with van der Waals surface area (Å²) in [6.45, 7) is 4.65. The van der Waals surface area contributed by atoms with Gasteiger partial charge in [-0.15, -0.1) is 0 Å². The van der Waals surface area contributed by atoms with Crippen molar-refractivity contribution in [2.24, 2.45) is 0 Å². The molecule has 0 aliphatic carbocycles. The van der Waals surface area contributed by atoms with Crippen molar-refractivity contribution in [3.05, 3.63) is 95.6 Å². The molecular formula is C29H34N2O4. The average molecular weight is 475 g/mol. The van der Waals surface area contributed by atoms with Gasteiger partial charge in [-0.05, 0) is 36.6 Å². The van der Waals surface area contributed by atoms with Gasteiger partial charge in [-0.1, -0.05) is 79.2 Å². The molecule has 6 heteroatoms. The molecular weight excluding hydrogens is 440 g/mol. The summed E-state index contributed by atoms with van der Waals surface area (Å²) in [6, 6.07) is 24.2. The number of carbonyl (C=O) groups is 2. The van der Waals surface area contributed by atoms with Crippen LogP contribution in [0.2, 0.25) is 0 Å². The highest BCUT2D eigenvalue weighted by Crippen LogP contribution is 2.26. The molecule has 184 valence electrons. The lowest BCUT2D eigenvalue weighted by atomic mass is 10.0. The Labute approximate surface area is 207 Å². The van der Waals surface area contributed by atoms with Crippen LogP contribution < -0.4 is 14.8 Å². The van der Waals surface area contributed by atoms with Crippen LogP contribution in [0.3, 0.4) is 0 Å². The van der Waals surface area contributed by atoms with Gasteiger partial charge in [0.2, 0.25) is 5.91 Å². The standard InChI is InChI=1S/C29H34N2O4/c1-4-17-30-29(33)25(19-23-12-6-5-7-13-23)31(20-24-14-10-11-22(2)18-24)28(32)21-35-27-16-9-8-15-26(27)34-3/h5-16,18,25H,4,17,19-21H2,1-3H3,(H,30,33)/t25-/m1/s1. The predicted octanol–water partition coefficient (Wildman–Crippen LogP) is 4.55. The van der Waals surface area contributed by atoms with Crippen molar-refractivity contribution >= 4 is 11.8 Å². The van der Waals surface area contributed by atoms with Gasteiger partial charge < -0.3 is 19.7 Å². The Hall–Kier alpha value is -3.80. The minimum absolute atomic E-state index is 0.172. The van der Waals surface area contributed by atoms with Gasteiger partial charge >= 0.3 is 0 Å². The van der Waals surface area contributed by atoms with Crippen molar-refractivity contribution in [2.45, 2.75) is 39.3 Å². The van der Waals surface area contributed by atoms with Gasteiger partial charge in [0.1, 0.15) is 6.04 Å². The molecule has 2 amide bonds. The number of nitrogens with zero attached hydrogens (tertiary/aromatic N) is 1. The third-order valence-corrected chi connectivity index (χ3v) is 5.68. The highest BCUT2D eigenvalue weighted by Gasteiger charge is 2.30. The van der Waals surface area contributed by atoms with Gasteiger partial charge in [0, 0.05) is 19.5 Å². The molecule has 0 spiro atoms. The minimum Gasteiger partial charge on any atom is -0.493 e. The molecule has 0 fully saturated rings. The van der Waals surface area contributed by atoms with E-state index in [-0.39, 0.29) is 18.4 Å². The Balaban J connectivity index is 1.90. The number of benzene rings is 3. The number of hydrogen-bond donors (Lipinski definition) is 1. The number of ether oxygens (including phenoxy) is 2. The van der Waals surface area contributed by atoms with E-state index in [1.807, 2.05) is 80.6 Å². The fraction of sp³-hybridized carbons (Fsp3) is 0.310. The summed E-state index contributed by atoms with van der Waals surface area (Å²) in [7, 11) is 1.56. The highest BCUT2D eigenvalue weighted by molar-refractivity contribution is 5.88. The van der Waals surface area contributed by atoms with E-state index in [0.717, 1.165) is 23.1 Å². The Morgan fingerprint density at radius 1 is 0.914 bits per heavy atom.